The van der Waals surface area contributed by atoms with Crippen LogP contribution >= 0.6 is 0 Å². The van der Waals surface area contributed by atoms with Crippen molar-refractivity contribution in [1.29, 1.82) is 0 Å². The first-order valence-electron chi connectivity index (χ1n) is 22.6. The van der Waals surface area contributed by atoms with E-state index in [0.29, 0.717) is 5.57 Å². The lowest BCUT2D eigenvalue weighted by Crippen LogP contribution is -2.62. The van der Waals surface area contributed by atoms with Crippen molar-refractivity contribution in [3.05, 3.63) is 72.4 Å². The monoisotopic (exact) mass is 914 g/mol. The lowest BCUT2D eigenvalue weighted by molar-refractivity contribution is -0.347. The molecule has 362 valence electrons. The van der Waals surface area contributed by atoms with E-state index in [1.54, 1.807) is 45.9 Å². The summed E-state index contributed by atoms with van der Waals surface area (Å²) in [6.45, 7) is 15.1. The molecule has 6 bridgehead atoms. The summed E-state index contributed by atoms with van der Waals surface area (Å²) in [5.41, 5.74) is -1.89. The van der Waals surface area contributed by atoms with E-state index in [1.807, 2.05) is 13.0 Å². The molecular weight excluding hydrogens is 845 g/mol. The van der Waals surface area contributed by atoms with Gasteiger partial charge in [0, 0.05) is 56.3 Å². The third-order valence-electron chi connectivity index (χ3n) is 12.5. The molecule has 16 nitrogen and oxygen atoms in total. The van der Waals surface area contributed by atoms with Crippen molar-refractivity contribution in [2.24, 2.45) is 10.8 Å². The molecule has 0 aromatic carbocycles. The van der Waals surface area contributed by atoms with Crippen LogP contribution in [-0.4, -0.2) is 119 Å². The number of fused-ring (bicyclic) bond motifs is 6. The summed E-state index contributed by atoms with van der Waals surface area (Å²) in [6.07, 6.45) is 7.87. The average Bonchev–Trinajstić information content (AvgIpc) is 3.21. The zero-order valence-electron chi connectivity index (χ0n) is 39.2. The van der Waals surface area contributed by atoms with Crippen molar-refractivity contribution in [2.75, 3.05) is 13.7 Å². The molecule has 16 heteroatoms. The van der Waals surface area contributed by atoms with Crippen LogP contribution in [0.15, 0.2) is 72.4 Å². The van der Waals surface area contributed by atoms with Crippen LogP contribution in [0, 0.1) is 10.8 Å². The van der Waals surface area contributed by atoms with Crippen LogP contribution in [0.1, 0.15) is 119 Å². The second kappa shape index (κ2) is 23.3. The van der Waals surface area contributed by atoms with Gasteiger partial charge in [-0.25, -0.2) is 14.4 Å². The van der Waals surface area contributed by atoms with Gasteiger partial charge in [0.05, 0.1) is 43.0 Å². The summed E-state index contributed by atoms with van der Waals surface area (Å²) in [4.78, 5) is 65.1. The van der Waals surface area contributed by atoms with Crippen molar-refractivity contribution in [1.82, 2.24) is 0 Å². The van der Waals surface area contributed by atoms with Crippen LogP contribution in [0.3, 0.4) is 0 Å². The summed E-state index contributed by atoms with van der Waals surface area (Å²) in [6, 6.07) is 0. The Balaban J connectivity index is 1.88. The number of aliphatic hydroxyl groups is 3. The molecule has 0 radical (unpaired) electrons. The summed E-state index contributed by atoms with van der Waals surface area (Å²) < 4.78 is 47.4. The molecule has 4 rings (SSSR count). The number of cyclic esters (lactones) is 1. The number of carbonyl (C=O) groups is 5. The Morgan fingerprint density at radius 1 is 0.954 bits per heavy atom. The number of esters is 5. The molecule has 4 aliphatic rings. The number of hydrogen-bond acceptors (Lipinski definition) is 16. The minimum atomic E-state index is -2.43. The molecule has 4 aliphatic heterocycles. The molecule has 3 saturated heterocycles. The van der Waals surface area contributed by atoms with Gasteiger partial charge >= 0.3 is 29.8 Å². The second-order valence-corrected chi connectivity index (χ2v) is 18.5. The van der Waals surface area contributed by atoms with Gasteiger partial charge in [-0.1, -0.05) is 89.6 Å². The van der Waals surface area contributed by atoms with Crippen molar-refractivity contribution in [3.63, 3.8) is 0 Å². The van der Waals surface area contributed by atoms with E-state index in [2.05, 4.69) is 6.58 Å². The lowest BCUT2D eigenvalue weighted by atomic mass is 9.70. The van der Waals surface area contributed by atoms with Crippen LogP contribution in [0.5, 0.6) is 0 Å². The SMILES string of the molecule is C=CCOC(=O)/C=C1\C[C@H]2C[C@]3(O)OC(CCCC(=O)OC([C@@H](C)O)CC4C/C(=C\C(=O)OC)[C@H](OC(=O)/C=C/C=C/CCC)C(O)(O4)C(C)(C)/C=C/[C@@H](C1)O2)CC(OC(C)=O)C3(C)C. The first-order chi connectivity index (χ1) is 30.6. The van der Waals surface area contributed by atoms with Gasteiger partial charge in [-0.05, 0) is 51.0 Å². The Morgan fingerprint density at radius 3 is 2.35 bits per heavy atom. The molecule has 65 heavy (non-hydrogen) atoms. The van der Waals surface area contributed by atoms with Gasteiger partial charge in [0.2, 0.25) is 5.79 Å². The Labute approximate surface area is 382 Å². The number of hydrogen-bond donors (Lipinski definition) is 3. The summed E-state index contributed by atoms with van der Waals surface area (Å²) in [5.74, 6) is -7.81. The first kappa shape index (κ1) is 53.2. The molecule has 10 atom stereocenters. The molecule has 4 heterocycles. The highest BCUT2D eigenvalue weighted by Gasteiger charge is 2.59. The molecule has 0 saturated carbocycles. The van der Waals surface area contributed by atoms with Crippen LogP contribution < -0.4 is 0 Å². The molecule has 0 aliphatic carbocycles. The minimum Gasteiger partial charge on any atom is -0.466 e. The largest absolute Gasteiger partial charge is 0.466 e. The molecule has 0 spiro atoms. The predicted molar refractivity (Wildman–Crippen MR) is 236 cm³/mol. The number of unbranched alkanes of at least 4 members (excludes halogenated alkanes) is 1. The van der Waals surface area contributed by atoms with Gasteiger partial charge in [0.1, 0.15) is 18.8 Å². The first-order valence-corrected chi connectivity index (χ1v) is 22.6. The lowest BCUT2D eigenvalue weighted by Gasteiger charge is -2.53. The van der Waals surface area contributed by atoms with Crippen molar-refractivity contribution in [2.45, 2.75) is 180 Å². The fourth-order valence-electron chi connectivity index (χ4n) is 8.63. The highest BCUT2D eigenvalue weighted by molar-refractivity contribution is 5.85. The smallest absolute Gasteiger partial charge is 0.331 e. The molecule has 0 aromatic rings. The normalized spacial score (nSPS) is 34.2. The summed E-state index contributed by atoms with van der Waals surface area (Å²) in [7, 11) is 1.18. The standard InChI is InChI=1S/C49H70O16/c1-10-12-13-14-15-18-42(53)63-45-34(27-43(54)58-9)26-37-28-39(31(3)50)62-41(52)19-16-17-36-29-40(60-32(4)51)47(7,8)48(56,64-36)30-38-24-33(25-44(55)59-22-11-2)23-35(61-38)20-21-46(5,6)49(45,57)65-37/h11,13-15,18,20-21,25,27,31,35-40,45,50,56-57H,2,10,12,16-17,19,22-24,26,28-30H2,1,3-9H3/b14-13+,18-15+,21-20+,33-25-,34-27+/t31-,35+,36?,37?,38+,39?,40?,45+,48+,49?/m1/s1. The van der Waals surface area contributed by atoms with Gasteiger partial charge in [-0.2, -0.15) is 0 Å². The van der Waals surface area contributed by atoms with Crippen molar-refractivity contribution in [3.8, 4) is 0 Å². The van der Waals surface area contributed by atoms with E-state index in [4.69, 9.17) is 37.9 Å². The third-order valence-corrected chi connectivity index (χ3v) is 12.5. The molecular formula is C49H70O16. The Morgan fingerprint density at radius 2 is 1.69 bits per heavy atom. The van der Waals surface area contributed by atoms with Crippen LogP contribution in [0.4, 0.5) is 0 Å². The number of carbonyl (C=O) groups excluding carboxylic acids is 5. The van der Waals surface area contributed by atoms with Gasteiger partial charge in [-0.15, -0.1) is 0 Å². The highest BCUT2D eigenvalue weighted by Crippen LogP contribution is 2.50. The van der Waals surface area contributed by atoms with E-state index in [0.717, 1.165) is 18.9 Å². The van der Waals surface area contributed by atoms with Gasteiger partial charge in [0.25, 0.3) is 0 Å². The van der Waals surface area contributed by atoms with E-state index >= 15 is 0 Å². The van der Waals surface area contributed by atoms with Crippen molar-refractivity contribution < 1.29 is 77.2 Å². The maximum atomic E-state index is 13.4. The van der Waals surface area contributed by atoms with E-state index in [9.17, 15) is 39.3 Å². The maximum absolute atomic E-state index is 13.4. The Hall–Kier alpha value is -4.45. The molecule has 3 fully saturated rings. The molecule has 3 N–H and O–H groups in total. The van der Waals surface area contributed by atoms with Crippen LogP contribution in [-0.2, 0) is 61.9 Å². The van der Waals surface area contributed by atoms with Crippen LogP contribution in [0.2, 0.25) is 0 Å². The zero-order chi connectivity index (χ0) is 48.2. The fraction of sp³-hybridized carbons (Fsp3) is 0.653. The molecule has 0 aromatic heterocycles. The van der Waals surface area contributed by atoms with Crippen molar-refractivity contribution >= 4 is 29.8 Å². The fourth-order valence-corrected chi connectivity index (χ4v) is 8.63. The molecule has 5 unspecified atom stereocenters. The van der Waals surface area contributed by atoms with Gasteiger partial charge < -0.3 is 53.2 Å². The number of allylic oxidation sites excluding steroid dienone is 3. The topological polar surface area (TPSA) is 220 Å². The third kappa shape index (κ3) is 14.3. The van der Waals surface area contributed by atoms with Gasteiger partial charge in [-0.3, -0.25) is 9.59 Å². The minimum absolute atomic E-state index is 0.0144. The van der Waals surface area contributed by atoms with Gasteiger partial charge in [0.15, 0.2) is 11.9 Å². The molecule has 0 amide bonds. The second-order valence-electron chi connectivity index (χ2n) is 18.5. The Bertz CT molecular complexity index is 1860. The van der Waals surface area contributed by atoms with E-state index in [-0.39, 0.29) is 70.0 Å². The number of ether oxygens (including phenoxy) is 8. The predicted octanol–water partition coefficient (Wildman–Crippen LogP) is 5.87. The van der Waals surface area contributed by atoms with Crippen LogP contribution in [0.25, 0.3) is 0 Å². The zero-order valence-corrected chi connectivity index (χ0v) is 39.2. The average molecular weight is 915 g/mol. The van der Waals surface area contributed by atoms with E-state index in [1.165, 1.54) is 45.3 Å². The number of rotatable bonds is 11. The quantitative estimate of drug-likeness (QED) is 0.0726. The Kier molecular flexibility index (Phi) is 19.1. The number of methoxy groups -OCH3 is 1. The number of aliphatic hydroxyl groups excluding tert-OH is 1. The summed E-state index contributed by atoms with van der Waals surface area (Å²) >= 11 is 0. The van der Waals surface area contributed by atoms with E-state index < -0.39 is 101 Å². The summed E-state index contributed by atoms with van der Waals surface area (Å²) in [5, 5.41) is 36.4. The highest BCUT2D eigenvalue weighted by atomic mass is 16.7. The maximum Gasteiger partial charge on any atom is 0.331 e.